The summed E-state index contributed by atoms with van der Waals surface area (Å²) in [5.41, 5.74) is -1.06. The van der Waals surface area contributed by atoms with Crippen molar-refractivity contribution in [2.75, 3.05) is 18.5 Å². The first-order valence-electron chi connectivity index (χ1n) is 6.75. The molecule has 11 heteroatoms. The third-order valence-electron chi connectivity index (χ3n) is 3.41. The molecule has 0 saturated carbocycles. The highest BCUT2D eigenvalue weighted by atomic mass is 32.2. The number of rotatable bonds is 6. The van der Waals surface area contributed by atoms with Gasteiger partial charge in [-0.3, -0.25) is 24.5 Å². The van der Waals surface area contributed by atoms with Crippen LogP contribution in [0.15, 0.2) is 47.4 Å². The molecule has 0 N–H and O–H groups in total. The summed E-state index contributed by atoms with van der Waals surface area (Å²) in [6.45, 7) is 0. The number of nitro benzene ring substituents is 2. The number of hydrogen-bond acceptors (Lipinski definition) is 7. The van der Waals surface area contributed by atoms with Gasteiger partial charge in [0, 0.05) is 25.2 Å². The summed E-state index contributed by atoms with van der Waals surface area (Å²) < 4.78 is 31.4. The molecule has 0 aliphatic carbocycles. The second kappa shape index (κ2) is 6.73. The Labute approximate surface area is 142 Å². The van der Waals surface area contributed by atoms with Crippen LogP contribution in [0, 0.1) is 20.2 Å². The highest BCUT2D eigenvalue weighted by molar-refractivity contribution is 7.93. The molecule has 0 saturated heterocycles. The number of benzene rings is 2. The molecule has 2 rings (SSSR count). The maximum Gasteiger partial charge on any atom is 0.289 e. The van der Waals surface area contributed by atoms with Crippen molar-refractivity contribution in [2.24, 2.45) is 0 Å². The summed E-state index contributed by atoms with van der Waals surface area (Å²) in [5, 5.41) is 22.0. The normalized spacial score (nSPS) is 11.0. The Morgan fingerprint density at radius 3 is 2.24 bits per heavy atom. The molecule has 0 radical (unpaired) electrons. The lowest BCUT2D eigenvalue weighted by molar-refractivity contribution is -0.387. The zero-order valence-electron chi connectivity index (χ0n) is 13.1. The van der Waals surface area contributed by atoms with E-state index in [9.17, 15) is 28.6 Å². The van der Waals surface area contributed by atoms with Crippen LogP contribution in [0.3, 0.4) is 0 Å². The van der Waals surface area contributed by atoms with Crippen LogP contribution in [-0.4, -0.2) is 32.4 Å². The molecule has 0 bridgehead atoms. The third-order valence-corrected chi connectivity index (χ3v) is 5.23. The standard InChI is InChI=1S/C14H13N3O7S/c1-15(12-9-10(16(18)19)7-8-13(12)24-2)25(22,23)14-6-4-3-5-11(14)17(20)21/h3-9H,1-2H3. The predicted molar refractivity (Wildman–Crippen MR) is 88.3 cm³/mol. The van der Waals surface area contributed by atoms with E-state index >= 15 is 0 Å². The Morgan fingerprint density at radius 1 is 1.04 bits per heavy atom. The second-order valence-corrected chi connectivity index (χ2v) is 6.75. The average molecular weight is 367 g/mol. The van der Waals surface area contributed by atoms with Gasteiger partial charge in [-0.2, -0.15) is 0 Å². The van der Waals surface area contributed by atoms with Crippen LogP contribution >= 0.6 is 0 Å². The van der Waals surface area contributed by atoms with E-state index in [1.54, 1.807) is 0 Å². The SMILES string of the molecule is COc1ccc([N+](=O)[O-])cc1N(C)S(=O)(=O)c1ccccc1[N+](=O)[O-]. The molecule has 132 valence electrons. The van der Waals surface area contributed by atoms with Gasteiger partial charge in [-0.15, -0.1) is 0 Å². The summed E-state index contributed by atoms with van der Waals surface area (Å²) in [6.07, 6.45) is 0. The van der Waals surface area contributed by atoms with Crippen molar-refractivity contribution in [2.45, 2.75) is 4.90 Å². The van der Waals surface area contributed by atoms with E-state index in [1.165, 1.54) is 25.3 Å². The number of para-hydroxylation sites is 1. The Kier molecular flexibility index (Phi) is 4.88. The maximum absolute atomic E-state index is 12.8. The maximum atomic E-state index is 12.8. The number of nitro groups is 2. The zero-order valence-corrected chi connectivity index (χ0v) is 14.0. The van der Waals surface area contributed by atoms with Crippen LogP contribution in [0.5, 0.6) is 5.75 Å². The first-order valence-corrected chi connectivity index (χ1v) is 8.19. The van der Waals surface area contributed by atoms with Crippen molar-refractivity contribution < 1.29 is 23.0 Å². The monoisotopic (exact) mass is 367 g/mol. The molecule has 0 spiro atoms. The summed E-state index contributed by atoms with van der Waals surface area (Å²) in [6, 6.07) is 8.26. The van der Waals surface area contributed by atoms with Crippen LogP contribution in [0.25, 0.3) is 0 Å². The molecular weight excluding hydrogens is 354 g/mol. The van der Waals surface area contributed by atoms with Crippen molar-refractivity contribution >= 4 is 27.1 Å². The second-order valence-electron chi connectivity index (χ2n) is 4.81. The molecule has 10 nitrogen and oxygen atoms in total. The number of ether oxygens (including phenoxy) is 1. The molecule has 0 heterocycles. The van der Waals surface area contributed by atoms with Gasteiger partial charge in [-0.25, -0.2) is 8.42 Å². The van der Waals surface area contributed by atoms with Crippen molar-refractivity contribution in [3.8, 4) is 5.75 Å². The van der Waals surface area contributed by atoms with Crippen molar-refractivity contribution in [1.82, 2.24) is 0 Å². The molecular formula is C14H13N3O7S. The van der Waals surface area contributed by atoms with Crippen molar-refractivity contribution in [3.63, 3.8) is 0 Å². The summed E-state index contributed by atoms with van der Waals surface area (Å²) in [7, 11) is -1.95. The Morgan fingerprint density at radius 2 is 1.68 bits per heavy atom. The molecule has 0 atom stereocenters. The van der Waals surface area contributed by atoms with Gasteiger partial charge < -0.3 is 4.74 Å². The molecule has 0 aromatic heterocycles. The Hall–Kier alpha value is -3.21. The number of non-ortho nitro benzene ring substituents is 1. The lowest BCUT2D eigenvalue weighted by Gasteiger charge is -2.21. The van der Waals surface area contributed by atoms with Crippen LogP contribution < -0.4 is 9.04 Å². The zero-order chi connectivity index (χ0) is 18.8. The number of anilines is 1. The van der Waals surface area contributed by atoms with Crippen LogP contribution in [0.1, 0.15) is 0 Å². The topological polar surface area (TPSA) is 133 Å². The van der Waals surface area contributed by atoms with Crippen LogP contribution in [0.2, 0.25) is 0 Å². The van der Waals surface area contributed by atoms with Gasteiger partial charge in [0.2, 0.25) is 0 Å². The molecule has 2 aromatic rings. The van der Waals surface area contributed by atoms with Gasteiger partial charge in [-0.05, 0) is 12.1 Å². The fourth-order valence-electron chi connectivity index (χ4n) is 2.14. The van der Waals surface area contributed by atoms with Gasteiger partial charge in [0.1, 0.15) is 11.4 Å². The number of nitrogens with zero attached hydrogens (tertiary/aromatic N) is 3. The lowest BCUT2D eigenvalue weighted by Crippen LogP contribution is -2.27. The average Bonchev–Trinajstić information content (AvgIpc) is 2.60. The molecule has 0 fully saturated rings. The first kappa shape index (κ1) is 18.1. The predicted octanol–water partition coefficient (Wildman–Crippen LogP) is 2.34. The van der Waals surface area contributed by atoms with Gasteiger partial charge >= 0.3 is 0 Å². The van der Waals surface area contributed by atoms with Crippen LogP contribution in [-0.2, 0) is 10.0 Å². The number of methoxy groups -OCH3 is 1. The van der Waals surface area contributed by atoms with Gasteiger partial charge in [0.05, 0.1) is 17.0 Å². The van der Waals surface area contributed by atoms with Crippen LogP contribution in [0.4, 0.5) is 17.1 Å². The Balaban J connectivity index is 2.64. The minimum Gasteiger partial charge on any atom is -0.495 e. The first-order chi connectivity index (χ1) is 11.7. The van der Waals surface area contributed by atoms with Crippen molar-refractivity contribution in [3.05, 3.63) is 62.7 Å². The van der Waals surface area contributed by atoms with E-state index in [0.717, 1.165) is 31.3 Å². The van der Waals surface area contributed by atoms with Gasteiger partial charge in [-0.1, -0.05) is 12.1 Å². The summed E-state index contributed by atoms with van der Waals surface area (Å²) in [4.78, 5) is 20.0. The van der Waals surface area contributed by atoms with E-state index in [4.69, 9.17) is 4.74 Å². The van der Waals surface area contributed by atoms with Crippen molar-refractivity contribution in [1.29, 1.82) is 0 Å². The van der Waals surface area contributed by atoms with Gasteiger partial charge in [0.25, 0.3) is 21.4 Å². The van der Waals surface area contributed by atoms with E-state index in [-0.39, 0.29) is 17.1 Å². The molecule has 0 aliphatic heterocycles. The molecule has 25 heavy (non-hydrogen) atoms. The molecule has 0 unspecified atom stereocenters. The van der Waals surface area contributed by atoms with E-state index in [2.05, 4.69) is 0 Å². The minimum absolute atomic E-state index is 0.0651. The quantitative estimate of drug-likeness (QED) is 0.565. The lowest BCUT2D eigenvalue weighted by atomic mass is 10.2. The summed E-state index contributed by atoms with van der Waals surface area (Å²) >= 11 is 0. The minimum atomic E-state index is -4.35. The fraction of sp³-hybridized carbons (Fsp3) is 0.143. The highest BCUT2D eigenvalue weighted by Gasteiger charge is 2.31. The van der Waals surface area contributed by atoms with Gasteiger partial charge in [0.15, 0.2) is 4.90 Å². The smallest absolute Gasteiger partial charge is 0.289 e. The number of hydrogen-bond donors (Lipinski definition) is 0. The molecule has 0 amide bonds. The number of sulfonamides is 1. The molecule has 2 aromatic carbocycles. The fourth-order valence-corrected chi connectivity index (χ4v) is 3.50. The largest absolute Gasteiger partial charge is 0.495 e. The molecule has 0 aliphatic rings. The summed E-state index contributed by atoms with van der Waals surface area (Å²) in [5.74, 6) is 0.0651. The highest BCUT2D eigenvalue weighted by Crippen LogP contribution is 2.36. The third kappa shape index (κ3) is 3.35. The Bertz CT molecular complexity index is 943. The van der Waals surface area contributed by atoms with E-state index < -0.39 is 30.5 Å². The van der Waals surface area contributed by atoms with E-state index in [1.807, 2.05) is 0 Å². The van der Waals surface area contributed by atoms with E-state index in [0.29, 0.717) is 4.31 Å².